The molecule has 4 aromatic rings. The first-order valence-electron chi connectivity index (χ1n) is 6.88. The largest absolute Gasteiger partial charge is 0.353 e. The van der Waals surface area contributed by atoms with E-state index in [2.05, 4.69) is 33.4 Å². The molecule has 0 atom stereocenters. The minimum atomic E-state index is 0.852. The summed E-state index contributed by atoms with van der Waals surface area (Å²) in [5.41, 5.74) is 3.85. The zero-order chi connectivity index (χ0) is 14.1. The van der Waals surface area contributed by atoms with Crippen molar-refractivity contribution in [1.29, 1.82) is 0 Å². The summed E-state index contributed by atoms with van der Waals surface area (Å²) in [7, 11) is 0. The second kappa shape index (κ2) is 4.87. The lowest BCUT2D eigenvalue weighted by Gasteiger charge is -1.96. The van der Waals surface area contributed by atoms with Crippen molar-refractivity contribution in [1.82, 2.24) is 4.98 Å². The molecule has 1 heterocycles. The Morgan fingerprint density at radius 3 is 2.29 bits per heavy atom. The Kier molecular flexibility index (Phi) is 2.75. The lowest BCUT2D eigenvalue weighted by Crippen LogP contribution is -1.69. The molecule has 0 bridgehead atoms. The minimum Gasteiger partial charge on any atom is -0.353 e. The third-order valence-electron chi connectivity index (χ3n) is 3.55. The zero-order valence-corrected chi connectivity index (χ0v) is 11.3. The van der Waals surface area contributed by atoms with Crippen LogP contribution in [0.2, 0.25) is 0 Å². The first kappa shape index (κ1) is 11.9. The second-order valence-electron chi connectivity index (χ2n) is 4.91. The van der Waals surface area contributed by atoms with Crippen LogP contribution in [0.15, 0.2) is 83.0 Å². The fourth-order valence-electron chi connectivity index (χ4n) is 2.55. The number of aromatic nitrogens is 1. The number of hydrogen-bond acceptors (Lipinski definition) is 2. The summed E-state index contributed by atoms with van der Waals surface area (Å²) in [4.78, 5) is 3.43. The van der Waals surface area contributed by atoms with Gasteiger partial charge in [-0.2, -0.15) is 5.11 Å². The highest BCUT2D eigenvalue weighted by Gasteiger charge is 2.06. The molecular weight excluding hydrogens is 258 g/mol. The van der Waals surface area contributed by atoms with Crippen molar-refractivity contribution in [3.8, 4) is 0 Å². The molecule has 0 aliphatic rings. The Bertz CT molecular complexity index is 936. The van der Waals surface area contributed by atoms with Crippen LogP contribution in [0.5, 0.6) is 0 Å². The SMILES string of the molecule is c1ccc(N=Nc2cccc3c2[nH]c2ccccc23)cc1. The standard InChI is InChI=1S/C18H13N3/c1-2-7-13(8-3-1)20-21-17-12-6-10-15-14-9-4-5-11-16(14)19-18(15)17/h1-12,19H. The van der Waals surface area contributed by atoms with Crippen LogP contribution in [-0.4, -0.2) is 4.98 Å². The van der Waals surface area contributed by atoms with Gasteiger partial charge >= 0.3 is 0 Å². The minimum absolute atomic E-state index is 0.852. The lowest BCUT2D eigenvalue weighted by molar-refractivity contribution is 1.24. The molecule has 0 saturated carbocycles. The molecule has 21 heavy (non-hydrogen) atoms. The highest BCUT2D eigenvalue weighted by Crippen LogP contribution is 2.32. The van der Waals surface area contributed by atoms with Gasteiger partial charge in [0.1, 0.15) is 5.69 Å². The van der Waals surface area contributed by atoms with Crippen LogP contribution in [-0.2, 0) is 0 Å². The van der Waals surface area contributed by atoms with Gasteiger partial charge in [0.25, 0.3) is 0 Å². The maximum Gasteiger partial charge on any atom is 0.110 e. The molecule has 3 heteroatoms. The van der Waals surface area contributed by atoms with E-state index in [1.165, 1.54) is 10.8 Å². The molecular formula is C18H13N3. The number of para-hydroxylation sites is 2. The van der Waals surface area contributed by atoms with Crippen LogP contribution in [0.4, 0.5) is 11.4 Å². The van der Waals surface area contributed by atoms with Gasteiger partial charge in [0.15, 0.2) is 0 Å². The van der Waals surface area contributed by atoms with Crippen molar-refractivity contribution >= 4 is 33.2 Å². The molecule has 100 valence electrons. The number of hydrogen-bond donors (Lipinski definition) is 1. The fraction of sp³-hybridized carbons (Fsp3) is 0. The van der Waals surface area contributed by atoms with Crippen LogP contribution in [0.1, 0.15) is 0 Å². The second-order valence-corrected chi connectivity index (χ2v) is 4.91. The normalized spacial score (nSPS) is 11.6. The highest BCUT2D eigenvalue weighted by atomic mass is 15.1. The van der Waals surface area contributed by atoms with E-state index in [1.807, 2.05) is 54.6 Å². The molecule has 1 N–H and O–H groups in total. The number of benzene rings is 3. The first-order valence-corrected chi connectivity index (χ1v) is 6.88. The summed E-state index contributed by atoms with van der Waals surface area (Å²) >= 11 is 0. The lowest BCUT2D eigenvalue weighted by atomic mass is 10.1. The molecule has 4 rings (SSSR count). The molecule has 0 aliphatic heterocycles. The number of fused-ring (bicyclic) bond motifs is 3. The summed E-state index contributed by atoms with van der Waals surface area (Å²) in [6.07, 6.45) is 0. The van der Waals surface area contributed by atoms with Gasteiger partial charge in [-0.1, -0.05) is 48.5 Å². The third-order valence-corrected chi connectivity index (χ3v) is 3.55. The summed E-state index contributed by atoms with van der Waals surface area (Å²) < 4.78 is 0. The van der Waals surface area contributed by atoms with Crippen molar-refractivity contribution < 1.29 is 0 Å². The number of nitrogens with zero attached hydrogens (tertiary/aromatic N) is 2. The van der Waals surface area contributed by atoms with E-state index in [0.717, 1.165) is 22.4 Å². The van der Waals surface area contributed by atoms with Crippen molar-refractivity contribution in [2.24, 2.45) is 10.2 Å². The maximum absolute atomic E-state index is 4.39. The number of aromatic amines is 1. The number of nitrogens with one attached hydrogen (secondary N) is 1. The van der Waals surface area contributed by atoms with Crippen LogP contribution in [0, 0.1) is 0 Å². The monoisotopic (exact) mass is 271 g/mol. The Hall–Kier alpha value is -2.94. The topological polar surface area (TPSA) is 40.5 Å². The van der Waals surface area contributed by atoms with Crippen LogP contribution < -0.4 is 0 Å². The zero-order valence-electron chi connectivity index (χ0n) is 11.3. The molecule has 0 aliphatic carbocycles. The molecule has 0 spiro atoms. The van der Waals surface area contributed by atoms with E-state index >= 15 is 0 Å². The van der Waals surface area contributed by atoms with Crippen molar-refractivity contribution in [3.63, 3.8) is 0 Å². The van der Waals surface area contributed by atoms with Crippen molar-refractivity contribution in [3.05, 3.63) is 72.8 Å². The predicted molar refractivity (Wildman–Crippen MR) is 86.4 cm³/mol. The Labute approximate surface area is 122 Å². The average molecular weight is 271 g/mol. The van der Waals surface area contributed by atoms with E-state index in [4.69, 9.17) is 0 Å². The predicted octanol–water partition coefficient (Wildman–Crippen LogP) is 5.74. The highest BCUT2D eigenvalue weighted by molar-refractivity contribution is 6.10. The summed E-state index contributed by atoms with van der Waals surface area (Å²) in [5, 5.41) is 11.1. The number of rotatable bonds is 2. The van der Waals surface area contributed by atoms with E-state index in [1.54, 1.807) is 0 Å². The molecule has 3 nitrogen and oxygen atoms in total. The van der Waals surface area contributed by atoms with Crippen LogP contribution in [0.25, 0.3) is 21.8 Å². The summed E-state index contributed by atoms with van der Waals surface area (Å²) in [6.45, 7) is 0. The van der Waals surface area contributed by atoms with E-state index in [0.29, 0.717) is 0 Å². The van der Waals surface area contributed by atoms with Gasteiger partial charge < -0.3 is 4.98 Å². The first-order chi connectivity index (χ1) is 10.4. The smallest absolute Gasteiger partial charge is 0.110 e. The third kappa shape index (κ3) is 2.09. The van der Waals surface area contributed by atoms with Crippen LogP contribution in [0.3, 0.4) is 0 Å². The average Bonchev–Trinajstić information content (AvgIpc) is 2.93. The molecule has 0 amide bonds. The molecule has 1 aromatic heterocycles. The van der Waals surface area contributed by atoms with Gasteiger partial charge in [-0.05, 0) is 24.3 Å². The number of H-pyrrole nitrogens is 1. The van der Waals surface area contributed by atoms with Crippen molar-refractivity contribution in [2.75, 3.05) is 0 Å². The van der Waals surface area contributed by atoms with E-state index in [-0.39, 0.29) is 0 Å². The summed E-state index contributed by atoms with van der Waals surface area (Å²) in [5.74, 6) is 0. The molecule has 0 saturated heterocycles. The summed E-state index contributed by atoms with van der Waals surface area (Å²) in [6, 6.07) is 24.1. The van der Waals surface area contributed by atoms with Crippen molar-refractivity contribution in [2.45, 2.75) is 0 Å². The number of azo groups is 1. The van der Waals surface area contributed by atoms with Gasteiger partial charge in [-0.15, -0.1) is 5.11 Å². The van der Waals surface area contributed by atoms with E-state index < -0.39 is 0 Å². The van der Waals surface area contributed by atoms with Gasteiger partial charge in [-0.25, -0.2) is 0 Å². The fourth-order valence-corrected chi connectivity index (χ4v) is 2.55. The molecule has 0 fully saturated rings. The Morgan fingerprint density at radius 2 is 1.38 bits per heavy atom. The van der Waals surface area contributed by atoms with Crippen LogP contribution >= 0.6 is 0 Å². The maximum atomic E-state index is 4.39. The van der Waals surface area contributed by atoms with Gasteiger partial charge in [0, 0.05) is 16.3 Å². The quantitative estimate of drug-likeness (QED) is 0.452. The van der Waals surface area contributed by atoms with Gasteiger partial charge in [-0.3, -0.25) is 0 Å². The van der Waals surface area contributed by atoms with E-state index in [9.17, 15) is 0 Å². The van der Waals surface area contributed by atoms with Gasteiger partial charge in [0.05, 0.1) is 11.2 Å². The molecule has 0 radical (unpaired) electrons. The molecule has 3 aromatic carbocycles. The van der Waals surface area contributed by atoms with Gasteiger partial charge in [0.2, 0.25) is 0 Å². The molecule has 0 unspecified atom stereocenters. The Balaban J connectivity index is 1.87. The Morgan fingerprint density at radius 1 is 0.619 bits per heavy atom.